The Morgan fingerprint density at radius 1 is 1.36 bits per heavy atom. The van der Waals surface area contributed by atoms with Crippen molar-refractivity contribution in [3.05, 3.63) is 34.3 Å². The van der Waals surface area contributed by atoms with E-state index in [1.165, 1.54) is 8.88 Å². The molecule has 1 rings (SSSR count). The quantitative estimate of drug-likeness (QED) is 0.721. The molecule has 3 heteroatoms. The van der Waals surface area contributed by atoms with E-state index in [1.807, 2.05) is 0 Å². The zero-order valence-corrected chi connectivity index (χ0v) is 11.0. The summed E-state index contributed by atoms with van der Waals surface area (Å²) in [6, 6.07) is 8.39. The zero-order chi connectivity index (χ0) is 8.27. The van der Waals surface area contributed by atoms with Crippen LogP contribution >= 0.6 is 15.9 Å². The van der Waals surface area contributed by atoms with Crippen LogP contribution in [0.5, 0.6) is 0 Å². The SMILES string of the molecule is C[Se]C(=[Se])c1ccc(Br)cc1. The van der Waals surface area contributed by atoms with E-state index in [9.17, 15) is 0 Å². The van der Waals surface area contributed by atoms with Crippen LogP contribution in [0.3, 0.4) is 0 Å². The van der Waals surface area contributed by atoms with Gasteiger partial charge in [0.1, 0.15) is 0 Å². The average Bonchev–Trinajstić information content (AvgIpc) is 2.05. The second kappa shape index (κ2) is 4.59. The van der Waals surface area contributed by atoms with Crippen molar-refractivity contribution in [2.45, 2.75) is 5.82 Å². The number of hydrogen-bond acceptors (Lipinski definition) is 0. The molecule has 0 aliphatic rings. The van der Waals surface area contributed by atoms with E-state index in [-0.39, 0.29) is 0 Å². The number of hydrogen-bond donors (Lipinski definition) is 0. The summed E-state index contributed by atoms with van der Waals surface area (Å²) in [6.45, 7) is 0. The maximum absolute atomic E-state index is 3.40. The Labute approximate surface area is 89.4 Å². The molecule has 0 heterocycles. The Balaban J connectivity index is 2.90. The Morgan fingerprint density at radius 2 is 1.91 bits per heavy atom. The second-order valence-corrected chi connectivity index (χ2v) is 6.79. The predicted octanol–water partition coefficient (Wildman–Crippen LogP) is 1.85. The first-order valence-electron chi connectivity index (χ1n) is 3.08. The second-order valence-electron chi connectivity index (χ2n) is 2.00. The van der Waals surface area contributed by atoms with Gasteiger partial charge in [-0.05, 0) is 0 Å². The van der Waals surface area contributed by atoms with Gasteiger partial charge >= 0.3 is 89.9 Å². The van der Waals surface area contributed by atoms with Crippen molar-refractivity contribution in [3.63, 3.8) is 0 Å². The molecule has 1 aromatic rings. The minimum absolute atomic E-state index is 0.577. The van der Waals surface area contributed by atoms with Crippen molar-refractivity contribution in [2.75, 3.05) is 0 Å². The van der Waals surface area contributed by atoms with Crippen molar-refractivity contribution in [1.29, 1.82) is 0 Å². The molecule has 0 aromatic heterocycles. The Kier molecular flexibility index (Phi) is 4.05. The molecule has 0 amide bonds. The molecule has 0 spiro atoms. The molecule has 0 atom stereocenters. The van der Waals surface area contributed by atoms with Gasteiger partial charge in [-0.25, -0.2) is 0 Å². The average molecular weight is 341 g/mol. The molecule has 0 radical (unpaired) electrons. The minimum atomic E-state index is 0.577. The molecule has 0 N–H and O–H groups in total. The Bertz CT molecular complexity index is 253. The van der Waals surface area contributed by atoms with E-state index in [0.717, 1.165) is 4.47 Å². The van der Waals surface area contributed by atoms with Crippen LogP contribution < -0.4 is 0 Å². The summed E-state index contributed by atoms with van der Waals surface area (Å²) in [5.74, 6) is 2.21. The van der Waals surface area contributed by atoms with Gasteiger partial charge in [-0.2, -0.15) is 0 Å². The third-order valence-electron chi connectivity index (χ3n) is 1.27. The van der Waals surface area contributed by atoms with Crippen LogP contribution in [0.1, 0.15) is 5.56 Å². The monoisotopic (exact) mass is 342 g/mol. The van der Waals surface area contributed by atoms with E-state index in [4.69, 9.17) is 0 Å². The first-order valence-corrected chi connectivity index (χ1v) is 7.30. The Morgan fingerprint density at radius 3 is 2.36 bits per heavy atom. The summed E-state index contributed by atoms with van der Waals surface area (Å²) in [7, 11) is 0. The molecule has 0 fully saturated rings. The van der Waals surface area contributed by atoms with E-state index in [1.54, 1.807) is 0 Å². The molecule has 11 heavy (non-hydrogen) atoms. The third-order valence-corrected chi connectivity index (χ3v) is 5.38. The van der Waals surface area contributed by atoms with Crippen LogP contribution in [0.2, 0.25) is 5.82 Å². The fourth-order valence-corrected chi connectivity index (χ4v) is 2.03. The molecular formula is C8H7BrSe2. The van der Waals surface area contributed by atoms with Gasteiger partial charge in [-0.1, -0.05) is 0 Å². The summed E-state index contributed by atoms with van der Waals surface area (Å²) >= 11 is 7.07. The van der Waals surface area contributed by atoms with Crippen LogP contribution in [-0.2, 0) is 0 Å². The summed E-state index contributed by atoms with van der Waals surface area (Å²) < 4.78 is 2.52. The van der Waals surface area contributed by atoms with Gasteiger partial charge in [0.15, 0.2) is 0 Å². The summed E-state index contributed by atoms with van der Waals surface area (Å²) in [4.78, 5) is 0. The Hall–Kier alpha value is 0.609. The molecule has 0 aliphatic heterocycles. The van der Waals surface area contributed by atoms with Crippen LogP contribution in [-0.4, -0.2) is 33.8 Å². The van der Waals surface area contributed by atoms with Crippen LogP contribution in [0.4, 0.5) is 0 Å². The van der Waals surface area contributed by atoms with Gasteiger partial charge < -0.3 is 0 Å². The molecule has 0 unspecified atom stereocenters. The third kappa shape index (κ3) is 2.85. The fourth-order valence-electron chi connectivity index (χ4n) is 0.704. The molecule has 0 nitrogen and oxygen atoms in total. The van der Waals surface area contributed by atoms with Gasteiger partial charge in [-0.3, -0.25) is 0 Å². The van der Waals surface area contributed by atoms with Crippen LogP contribution in [0.25, 0.3) is 0 Å². The summed E-state index contributed by atoms with van der Waals surface area (Å²) in [6.07, 6.45) is 0. The van der Waals surface area contributed by atoms with Crippen molar-refractivity contribution >= 4 is 49.8 Å². The predicted molar refractivity (Wildman–Crippen MR) is 55.6 cm³/mol. The molecule has 58 valence electrons. The number of rotatable bonds is 2. The van der Waals surface area contributed by atoms with Gasteiger partial charge in [0.05, 0.1) is 0 Å². The van der Waals surface area contributed by atoms with E-state index in [2.05, 4.69) is 61.6 Å². The van der Waals surface area contributed by atoms with Gasteiger partial charge in [0.2, 0.25) is 0 Å². The molecule has 0 saturated carbocycles. The molecule has 0 saturated heterocycles. The first-order chi connectivity index (χ1) is 5.24. The van der Waals surface area contributed by atoms with Crippen molar-refractivity contribution in [3.8, 4) is 0 Å². The number of benzene rings is 1. The fraction of sp³-hybridized carbons (Fsp3) is 0.125. The van der Waals surface area contributed by atoms with Crippen molar-refractivity contribution < 1.29 is 0 Å². The van der Waals surface area contributed by atoms with E-state index < -0.39 is 0 Å². The van der Waals surface area contributed by atoms with Crippen LogP contribution in [0.15, 0.2) is 28.7 Å². The van der Waals surface area contributed by atoms with E-state index in [0.29, 0.717) is 15.0 Å². The van der Waals surface area contributed by atoms with Gasteiger partial charge in [-0.15, -0.1) is 0 Å². The maximum atomic E-state index is 3.40. The standard InChI is InChI=1S/C8H7BrSe2/c1-11-8(10)6-2-4-7(9)5-3-6/h2-5H,1H3. The normalized spacial score (nSPS) is 9.64. The molecule has 1 aromatic carbocycles. The van der Waals surface area contributed by atoms with Crippen LogP contribution in [0, 0.1) is 0 Å². The van der Waals surface area contributed by atoms with Crippen molar-refractivity contribution in [2.24, 2.45) is 0 Å². The zero-order valence-electron chi connectivity index (χ0n) is 6.00. The molecule has 0 bridgehead atoms. The van der Waals surface area contributed by atoms with Gasteiger partial charge in [0.25, 0.3) is 0 Å². The summed E-state index contributed by atoms with van der Waals surface area (Å²) in [5, 5.41) is 0. The summed E-state index contributed by atoms with van der Waals surface area (Å²) in [5.41, 5.74) is 1.32. The van der Waals surface area contributed by atoms with Crippen molar-refractivity contribution in [1.82, 2.24) is 0 Å². The van der Waals surface area contributed by atoms with E-state index >= 15 is 0 Å². The molecule has 0 aliphatic carbocycles. The molecular weight excluding hydrogens is 334 g/mol. The van der Waals surface area contributed by atoms with Gasteiger partial charge in [0, 0.05) is 0 Å². The first kappa shape index (κ1) is 9.70. The topological polar surface area (TPSA) is 0 Å². The number of halogens is 1.